The van der Waals surface area contributed by atoms with Gasteiger partial charge in [-0.1, -0.05) is 18.2 Å². The van der Waals surface area contributed by atoms with E-state index in [0.717, 1.165) is 0 Å². The maximum atomic E-state index is 11.4. The summed E-state index contributed by atoms with van der Waals surface area (Å²) in [5.41, 5.74) is 1.83. The van der Waals surface area contributed by atoms with Crippen LogP contribution in [0.1, 0.15) is 29.8 Å². The summed E-state index contributed by atoms with van der Waals surface area (Å²) in [6.07, 6.45) is 0.242. The number of carbonyl (C=O) groups is 2. The molecule has 1 rings (SSSR count). The van der Waals surface area contributed by atoms with Gasteiger partial charge in [0.25, 0.3) is 0 Å². The van der Waals surface area contributed by atoms with E-state index in [1.54, 1.807) is 43.8 Å². The Kier molecular flexibility index (Phi) is 2.90. The molecule has 0 aliphatic carbocycles. The number of rotatable bonds is 4. The average molecular weight is 222 g/mol. The molecule has 16 heavy (non-hydrogen) atoms. The summed E-state index contributed by atoms with van der Waals surface area (Å²) in [6.45, 7) is 3.20. The Morgan fingerprint density at radius 2 is 2.06 bits per heavy atom. The van der Waals surface area contributed by atoms with Gasteiger partial charge in [0, 0.05) is 5.56 Å². The van der Waals surface area contributed by atoms with Crippen LogP contribution in [0.5, 0.6) is 0 Å². The highest BCUT2D eigenvalue weighted by Gasteiger charge is 2.28. The zero-order chi connectivity index (χ0) is 13.1. The van der Waals surface area contributed by atoms with E-state index in [-0.39, 0.29) is 6.42 Å². The molecule has 86 valence electrons. The minimum atomic E-state index is -0.946. The Balaban J connectivity index is 3.07. The summed E-state index contributed by atoms with van der Waals surface area (Å²) >= 11 is 0. The molecule has 0 fully saturated rings. The average Bonchev–Trinajstić information content (AvgIpc) is 2.28. The topological polar surface area (TPSA) is 80.4 Å². The summed E-state index contributed by atoms with van der Waals surface area (Å²) < 4.78 is 6.84. The van der Waals surface area contributed by atoms with E-state index in [4.69, 9.17) is 6.52 Å². The number of primary amides is 1. The molecule has 0 atom stereocenters. The van der Waals surface area contributed by atoms with E-state index in [0.29, 0.717) is 11.1 Å². The van der Waals surface area contributed by atoms with Crippen LogP contribution in [0.15, 0.2) is 24.3 Å². The number of benzene rings is 1. The first-order chi connectivity index (χ1) is 7.88. The zero-order valence-electron chi connectivity index (χ0n) is 10.3. The molecule has 0 saturated carbocycles. The second kappa shape index (κ2) is 4.35. The van der Waals surface area contributed by atoms with Crippen LogP contribution in [0.25, 0.3) is 0 Å². The highest BCUT2D eigenvalue weighted by atomic mass is 16.4. The summed E-state index contributed by atoms with van der Waals surface area (Å²) in [6, 6.07) is 6.71. The van der Waals surface area contributed by atoms with Crippen LogP contribution < -0.4 is 5.73 Å². The first-order valence-corrected chi connectivity index (χ1v) is 4.92. The molecule has 0 bridgehead atoms. The Bertz CT molecular complexity index is 443. The van der Waals surface area contributed by atoms with Crippen molar-refractivity contribution in [3.63, 3.8) is 0 Å². The third-order valence-electron chi connectivity index (χ3n) is 2.47. The molecule has 0 unspecified atom stereocenters. The molecule has 1 amide bonds. The Hall–Kier alpha value is -1.84. The fourth-order valence-electron chi connectivity index (χ4n) is 1.45. The van der Waals surface area contributed by atoms with Gasteiger partial charge in [-0.25, -0.2) is 0 Å². The molecule has 1 aromatic carbocycles. The molecule has 0 heterocycles. The van der Waals surface area contributed by atoms with E-state index < -0.39 is 17.3 Å². The maximum Gasteiger partial charge on any atom is 0.309 e. The number of nitrogens with two attached hydrogens (primary N) is 1. The normalized spacial score (nSPS) is 11.8. The quantitative estimate of drug-likeness (QED) is 0.808. The van der Waals surface area contributed by atoms with Crippen LogP contribution in [0.2, 0.25) is 1.41 Å². The van der Waals surface area contributed by atoms with Crippen molar-refractivity contribution < 1.29 is 16.1 Å². The molecular formula is C12H15NO3. The lowest BCUT2D eigenvalue weighted by Gasteiger charge is -2.20. The number of carboxylic acids is 1. The maximum absolute atomic E-state index is 11.4. The van der Waals surface area contributed by atoms with E-state index >= 15 is 0 Å². The number of carbonyl (C=O) groups excluding carboxylic acids is 1. The predicted molar refractivity (Wildman–Crippen MR) is 60.1 cm³/mol. The van der Waals surface area contributed by atoms with Gasteiger partial charge in [0.1, 0.15) is 0 Å². The molecular weight excluding hydrogens is 206 g/mol. The molecule has 0 spiro atoms. The van der Waals surface area contributed by atoms with Crippen molar-refractivity contribution in [2.45, 2.75) is 20.3 Å². The summed E-state index contributed by atoms with van der Waals surface area (Å²) in [5.74, 6) is -1.44. The van der Waals surface area contributed by atoms with E-state index in [1.807, 2.05) is 0 Å². The van der Waals surface area contributed by atoms with Gasteiger partial charge < -0.3 is 10.8 Å². The Labute approximate surface area is 95.5 Å². The number of amides is 1. The van der Waals surface area contributed by atoms with Gasteiger partial charge in [0.05, 0.1) is 5.41 Å². The van der Waals surface area contributed by atoms with Crippen LogP contribution in [0.3, 0.4) is 0 Å². The number of hydrogen-bond acceptors (Lipinski definition) is 2. The van der Waals surface area contributed by atoms with Gasteiger partial charge in [-0.15, -0.1) is 0 Å². The lowest BCUT2D eigenvalue weighted by molar-refractivity contribution is -0.146. The van der Waals surface area contributed by atoms with Gasteiger partial charge in [0.2, 0.25) is 5.91 Å². The number of aliphatic carboxylic acids is 1. The Morgan fingerprint density at radius 3 is 2.62 bits per heavy atom. The molecule has 0 aliphatic heterocycles. The predicted octanol–water partition coefficient (Wildman–Crippen LogP) is 1.44. The third kappa shape index (κ3) is 2.59. The van der Waals surface area contributed by atoms with Crippen molar-refractivity contribution in [3.8, 4) is 0 Å². The summed E-state index contributed by atoms with van der Waals surface area (Å²) in [4.78, 5) is 22.5. The van der Waals surface area contributed by atoms with Crippen LogP contribution in [0, 0.1) is 5.41 Å². The van der Waals surface area contributed by atoms with Crippen LogP contribution in [-0.2, 0) is 11.2 Å². The molecule has 4 nitrogen and oxygen atoms in total. The van der Waals surface area contributed by atoms with Crippen molar-refractivity contribution in [2.75, 3.05) is 0 Å². The van der Waals surface area contributed by atoms with Gasteiger partial charge >= 0.3 is 5.97 Å². The molecule has 0 radical (unpaired) electrons. The highest BCUT2D eigenvalue weighted by Crippen LogP contribution is 2.24. The van der Waals surface area contributed by atoms with Gasteiger partial charge in [-0.2, -0.15) is 0 Å². The highest BCUT2D eigenvalue weighted by molar-refractivity contribution is 5.94. The van der Waals surface area contributed by atoms with Gasteiger partial charge in [0.15, 0.2) is 1.41 Å². The fourth-order valence-corrected chi connectivity index (χ4v) is 1.45. The van der Waals surface area contributed by atoms with Crippen molar-refractivity contribution in [3.05, 3.63) is 35.4 Å². The summed E-state index contributed by atoms with van der Waals surface area (Å²) in [7, 11) is 0. The fraction of sp³-hybridized carbons (Fsp3) is 0.333. The van der Waals surface area contributed by atoms with E-state index in [1.165, 1.54) is 0 Å². The smallest absolute Gasteiger partial charge is 0.309 e. The standard InChI is InChI=1S/C12H15NO3/c1-12(2,11(15)16)7-8-5-3-4-6-9(8)10(13)14/h3-6H,7H2,1-2H3,(H2,13,14)(H,15,16)/i/hD. The SMILES string of the molecule is [2H]NC(=O)c1ccccc1CC(C)(C)C(=O)O. The second-order valence-corrected chi connectivity index (χ2v) is 4.35. The minimum Gasteiger partial charge on any atom is -0.481 e. The second-order valence-electron chi connectivity index (χ2n) is 4.35. The number of carboxylic acid groups (broad SMARTS) is 1. The van der Waals surface area contributed by atoms with Crippen LogP contribution in [0.4, 0.5) is 0 Å². The monoisotopic (exact) mass is 222 g/mol. The van der Waals surface area contributed by atoms with E-state index in [2.05, 4.69) is 0 Å². The van der Waals surface area contributed by atoms with Gasteiger partial charge in [-0.3, -0.25) is 9.59 Å². The first-order valence-electron chi connectivity index (χ1n) is 5.42. The van der Waals surface area contributed by atoms with E-state index in [9.17, 15) is 9.59 Å². The van der Waals surface area contributed by atoms with Crippen LogP contribution >= 0.6 is 0 Å². The van der Waals surface area contributed by atoms with Gasteiger partial charge in [-0.05, 0) is 31.9 Å². The lowest BCUT2D eigenvalue weighted by Crippen LogP contribution is -2.27. The van der Waals surface area contributed by atoms with Crippen LogP contribution in [-0.4, -0.2) is 17.0 Å². The first kappa shape index (κ1) is 10.7. The third-order valence-corrected chi connectivity index (χ3v) is 2.47. The van der Waals surface area contributed by atoms with Crippen molar-refractivity contribution in [2.24, 2.45) is 11.1 Å². The summed E-state index contributed by atoms with van der Waals surface area (Å²) in [5, 5.41) is 9.05. The lowest BCUT2D eigenvalue weighted by atomic mass is 9.84. The minimum absolute atomic E-state index is 0.242. The van der Waals surface area contributed by atoms with Crippen molar-refractivity contribution >= 4 is 11.9 Å². The molecule has 0 aromatic heterocycles. The Morgan fingerprint density at radius 1 is 1.44 bits per heavy atom. The number of hydrogen-bond donors (Lipinski definition) is 2. The molecule has 3 N–H and O–H groups in total. The molecule has 4 heteroatoms. The molecule has 0 saturated heterocycles. The van der Waals surface area contributed by atoms with Crippen molar-refractivity contribution in [1.29, 1.82) is 0 Å². The largest absolute Gasteiger partial charge is 0.481 e. The molecule has 1 aromatic rings. The molecule has 0 aliphatic rings. The zero-order valence-corrected chi connectivity index (χ0v) is 9.28. The van der Waals surface area contributed by atoms with Crippen molar-refractivity contribution in [1.82, 2.24) is 0 Å².